The Morgan fingerprint density at radius 1 is 1.10 bits per heavy atom. The molecule has 156 valence electrons. The summed E-state index contributed by atoms with van der Waals surface area (Å²) in [7, 11) is -3.69. The third kappa shape index (κ3) is 4.72. The molecule has 2 aromatic rings. The molecule has 6 nitrogen and oxygen atoms in total. The molecule has 0 atom stereocenters. The van der Waals surface area contributed by atoms with Crippen molar-refractivity contribution in [3.63, 3.8) is 0 Å². The number of nitrogens with one attached hydrogen (secondary N) is 1. The van der Waals surface area contributed by atoms with Gasteiger partial charge in [0.1, 0.15) is 11.6 Å². The molecule has 1 amide bonds. The number of anilines is 1. The number of nitrogens with zero attached hydrogens (tertiary/aromatic N) is 2. The topological polar surface area (TPSA) is 90.3 Å². The molecular weight excluding hydrogens is 412 g/mol. The van der Waals surface area contributed by atoms with Gasteiger partial charge in [-0.3, -0.25) is 4.79 Å². The van der Waals surface area contributed by atoms with Gasteiger partial charge in [0.2, 0.25) is 10.0 Å². The lowest BCUT2D eigenvalue weighted by molar-refractivity contribution is -0.112. The number of piperidine rings is 1. The van der Waals surface area contributed by atoms with Crippen LogP contribution in [-0.4, -0.2) is 31.7 Å². The fourth-order valence-corrected chi connectivity index (χ4v) is 4.69. The van der Waals surface area contributed by atoms with Crippen LogP contribution in [0.5, 0.6) is 0 Å². The number of amides is 1. The molecule has 1 aliphatic rings. The predicted octanol–water partition coefficient (Wildman–Crippen LogP) is 3.69. The summed E-state index contributed by atoms with van der Waals surface area (Å²) in [6.07, 6.45) is 3.50. The first-order chi connectivity index (χ1) is 14.3. The van der Waals surface area contributed by atoms with Crippen molar-refractivity contribution >= 4 is 27.7 Å². The standard InChI is InChI=1S/C21H19F2N3O3S/c22-19-9-4-6-15(20(19)23)12-16(14-24)21(27)25-17-7-5-8-18(13-17)30(28,29)26-10-2-1-3-11-26/h4-9,12-13H,1-3,10-11H2,(H,25,27)/b16-12-. The Bertz CT molecular complexity index is 1130. The molecule has 1 N–H and O–H groups in total. The van der Waals surface area contributed by atoms with Gasteiger partial charge in [0.05, 0.1) is 4.90 Å². The Labute approximate surface area is 173 Å². The Balaban J connectivity index is 1.83. The summed E-state index contributed by atoms with van der Waals surface area (Å²) in [5.74, 6) is -3.14. The maximum Gasteiger partial charge on any atom is 0.266 e. The van der Waals surface area contributed by atoms with E-state index in [9.17, 15) is 27.3 Å². The van der Waals surface area contributed by atoms with Crippen LogP contribution < -0.4 is 5.32 Å². The van der Waals surface area contributed by atoms with Crippen molar-refractivity contribution in [3.05, 3.63) is 65.2 Å². The van der Waals surface area contributed by atoms with Gasteiger partial charge in [-0.15, -0.1) is 0 Å². The van der Waals surface area contributed by atoms with Crippen LogP contribution in [0.4, 0.5) is 14.5 Å². The zero-order valence-electron chi connectivity index (χ0n) is 15.9. The Hall–Kier alpha value is -3.09. The number of hydrogen-bond acceptors (Lipinski definition) is 4. The quantitative estimate of drug-likeness (QED) is 0.578. The lowest BCUT2D eigenvalue weighted by atomic mass is 10.1. The van der Waals surface area contributed by atoms with E-state index < -0.39 is 33.1 Å². The largest absolute Gasteiger partial charge is 0.321 e. The van der Waals surface area contributed by atoms with E-state index in [1.165, 1.54) is 40.7 Å². The number of halogens is 2. The molecule has 0 spiro atoms. The van der Waals surface area contributed by atoms with E-state index in [-0.39, 0.29) is 16.1 Å². The summed E-state index contributed by atoms with van der Waals surface area (Å²) in [5, 5.41) is 11.7. The molecule has 0 aromatic heterocycles. The van der Waals surface area contributed by atoms with E-state index >= 15 is 0 Å². The lowest BCUT2D eigenvalue weighted by Gasteiger charge is -2.26. The Kier molecular flexibility index (Phi) is 6.59. The van der Waals surface area contributed by atoms with Crippen molar-refractivity contribution in [2.45, 2.75) is 24.2 Å². The molecule has 1 aliphatic heterocycles. The van der Waals surface area contributed by atoms with Crippen molar-refractivity contribution < 1.29 is 22.0 Å². The average molecular weight is 431 g/mol. The SMILES string of the molecule is N#C/C(=C/c1cccc(F)c1F)C(=O)Nc1cccc(S(=O)(=O)N2CCCCC2)c1. The summed E-state index contributed by atoms with van der Waals surface area (Å²) in [5.41, 5.74) is -0.536. The number of carbonyl (C=O) groups excluding carboxylic acids is 1. The van der Waals surface area contributed by atoms with Crippen molar-refractivity contribution in [2.24, 2.45) is 0 Å². The van der Waals surface area contributed by atoms with Crippen molar-refractivity contribution in [1.82, 2.24) is 4.31 Å². The average Bonchev–Trinajstić information content (AvgIpc) is 2.75. The van der Waals surface area contributed by atoms with Gasteiger partial charge in [0, 0.05) is 24.3 Å². The highest BCUT2D eigenvalue weighted by molar-refractivity contribution is 7.89. The summed E-state index contributed by atoms with van der Waals surface area (Å²) < 4.78 is 54.2. The normalized spacial score (nSPS) is 15.4. The van der Waals surface area contributed by atoms with Crippen molar-refractivity contribution in [2.75, 3.05) is 18.4 Å². The highest BCUT2D eigenvalue weighted by Crippen LogP contribution is 2.23. The summed E-state index contributed by atoms with van der Waals surface area (Å²) in [6, 6.07) is 10.8. The van der Waals surface area contributed by atoms with Crippen LogP contribution >= 0.6 is 0 Å². The minimum Gasteiger partial charge on any atom is -0.321 e. The number of benzene rings is 2. The van der Waals surface area contributed by atoms with E-state index in [1.54, 1.807) is 6.07 Å². The minimum atomic E-state index is -3.69. The van der Waals surface area contributed by atoms with Crippen molar-refractivity contribution in [3.8, 4) is 6.07 Å². The van der Waals surface area contributed by atoms with Gasteiger partial charge in [0.25, 0.3) is 5.91 Å². The van der Waals surface area contributed by atoms with E-state index in [0.717, 1.165) is 31.4 Å². The van der Waals surface area contributed by atoms with E-state index in [1.807, 2.05) is 0 Å². The molecule has 30 heavy (non-hydrogen) atoms. The highest BCUT2D eigenvalue weighted by atomic mass is 32.2. The monoisotopic (exact) mass is 431 g/mol. The number of carbonyl (C=O) groups is 1. The number of hydrogen-bond donors (Lipinski definition) is 1. The molecular formula is C21H19F2N3O3S. The molecule has 1 fully saturated rings. The number of nitriles is 1. The molecule has 2 aromatic carbocycles. The lowest BCUT2D eigenvalue weighted by Crippen LogP contribution is -2.35. The Morgan fingerprint density at radius 3 is 2.50 bits per heavy atom. The summed E-state index contributed by atoms with van der Waals surface area (Å²) >= 11 is 0. The first-order valence-electron chi connectivity index (χ1n) is 9.30. The van der Waals surface area contributed by atoms with Crippen molar-refractivity contribution in [1.29, 1.82) is 5.26 Å². The van der Waals surface area contributed by atoms with Crippen LogP contribution in [0.15, 0.2) is 52.9 Å². The molecule has 0 unspecified atom stereocenters. The van der Waals surface area contributed by atoms with Crippen LogP contribution in [0, 0.1) is 23.0 Å². The number of sulfonamides is 1. The van der Waals surface area contributed by atoms with Crippen LogP contribution in [0.1, 0.15) is 24.8 Å². The molecule has 3 rings (SSSR count). The third-order valence-electron chi connectivity index (χ3n) is 4.69. The highest BCUT2D eigenvalue weighted by Gasteiger charge is 2.26. The van der Waals surface area contributed by atoms with Gasteiger partial charge < -0.3 is 5.32 Å². The predicted molar refractivity (Wildman–Crippen MR) is 108 cm³/mol. The summed E-state index contributed by atoms with van der Waals surface area (Å²) in [4.78, 5) is 12.5. The van der Waals surface area contributed by atoms with Gasteiger partial charge >= 0.3 is 0 Å². The van der Waals surface area contributed by atoms with Crippen LogP contribution in [-0.2, 0) is 14.8 Å². The van der Waals surface area contributed by atoms with Gasteiger partial charge in [-0.25, -0.2) is 17.2 Å². The minimum absolute atomic E-state index is 0.0286. The van der Waals surface area contributed by atoms with Gasteiger partial charge in [-0.1, -0.05) is 24.6 Å². The maximum atomic E-state index is 13.8. The zero-order valence-corrected chi connectivity index (χ0v) is 16.8. The Morgan fingerprint density at radius 2 is 1.80 bits per heavy atom. The second-order valence-corrected chi connectivity index (χ2v) is 8.70. The maximum absolute atomic E-state index is 13.8. The smallest absolute Gasteiger partial charge is 0.266 e. The molecule has 0 aliphatic carbocycles. The van der Waals surface area contributed by atoms with E-state index in [0.29, 0.717) is 13.1 Å². The third-order valence-corrected chi connectivity index (χ3v) is 6.59. The first kappa shape index (κ1) is 21.6. The molecule has 1 saturated heterocycles. The molecule has 1 heterocycles. The van der Waals surface area contributed by atoms with E-state index in [2.05, 4.69) is 5.32 Å². The zero-order chi connectivity index (χ0) is 21.7. The fourth-order valence-electron chi connectivity index (χ4n) is 3.12. The van der Waals surface area contributed by atoms with E-state index in [4.69, 9.17) is 0 Å². The second-order valence-electron chi connectivity index (χ2n) is 6.76. The van der Waals surface area contributed by atoms with Gasteiger partial charge in [-0.2, -0.15) is 9.57 Å². The van der Waals surface area contributed by atoms with Crippen LogP contribution in [0.25, 0.3) is 6.08 Å². The molecule has 0 bridgehead atoms. The second kappa shape index (κ2) is 9.15. The van der Waals surface area contributed by atoms with Gasteiger partial charge in [-0.05, 0) is 43.2 Å². The first-order valence-corrected chi connectivity index (χ1v) is 10.7. The molecule has 9 heteroatoms. The number of rotatable bonds is 5. The fraction of sp³-hybridized carbons (Fsp3) is 0.238. The van der Waals surface area contributed by atoms with Crippen LogP contribution in [0.3, 0.4) is 0 Å². The molecule has 0 radical (unpaired) electrons. The molecule has 0 saturated carbocycles. The van der Waals surface area contributed by atoms with Gasteiger partial charge in [0.15, 0.2) is 11.6 Å². The summed E-state index contributed by atoms with van der Waals surface area (Å²) in [6.45, 7) is 0.888. The van der Waals surface area contributed by atoms with Crippen LogP contribution in [0.2, 0.25) is 0 Å².